The quantitative estimate of drug-likeness (QED) is 0.815. The molecule has 0 bridgehead atoms. The first-order valence-electron chi connectivity index (χ1n) is 7.64. The van der Waals surface area contributed by atoms with Gasteiger partial charge in [0, 0.05) is 5.56 Å². The molecule has 0 radical (unpaired) electrons. The highest BCUT2D eigenvalue weighted by Gasteiger charge is 2.25. The standard InChI is InChI=1S/C19H14N2O4S/c1-24-16-8-12(9-17-18(22)21-19(23)26-17)6-7-15(16)25-11-14-5-3-2-4-13(14)10-20/h2-9H,11H2,1H3,(H,21,22,23)/b17-9+. The number of carbonyl (C=O) groups is 2. The first-order chi connectivity index (χ1) is 12.6. The van der Waals surface area contributed by atoms with Crippen LogP contribution in [-0.4, -0.2) is 18.3 Å². The van der Waals surface area contributed by atoms with Crippen molar-refractivity contribution in [1.82, 2.24) is 5.32 Å². The van der Waals surface area contributed by atoms with Crippen LogP contribution >= 0.6 is 11.8 Å². The Kier molecular flexibility index (Phi) is 5.25. The number of methoxy groups -OCH3 is 1. The minimum absolute atomic E-state index is 0.229. The van der Waals surface area contributed by atoms with Gasteiger partial charge in [-0.05, 0) is 41.6 Å². The second-order valence-electron chi connectivity index (χ2n) is 5.32. The van der Waals surface area contributed by atoms with Crippen LogP contribution in [0, 0.1) is 11.3 Å². The van der Waals surface area contributed by atoms with Gasteiger partial charge in [0.15, 0.2) is 11.5 Å². The summed E-state index contributed by atoms with van der Waals surface area (Å²) in [6, 6.07) is 14.5. The summed E-state index contributed by atoms with van der Waals surface area (Å²) in [5.74, 6) is 0.595. The van der Waals surface area contributed by atoms with Crippen LogP contribution < -0.4 is 14.8 Å². The molecular formula is C19H14N2O4S. The molecule has 1 heterocycles. The lowest BCUT2D eigenvalue weighted by Gasteiger charge is -2.12. The van der Waals surface area contributed by atoms with Crippen LogP contribution in [-0.2, 0) is 11.4 Å². The van der Waals surface area contributed by atoms with Gasteiger partial charge in [0.1, 0.15) is 6.61 Å². The highest BCUT2D eigenvalue weighted by Crippen LogP contribution is 2.32. The fourth-order valence-corrected chi connectivity index (χ4v) is 3.06. The minimum atomic E-state index is -0.410. The largest absolute Gasteiger partial charge is 0.493 e. The maximum Gasteiger partial charge on any atom is 0.290 e. The first kappa shape index (κ1) is 17.6. The zero-order valence-corrected chi connectivity index (χ0v) is 14.6. The number of thioether (sulfide) groups is 1. The van der Waals surface area contributed by atoms with E-state index in [1.54, 1.807) is 36.4 Å². The number of hydrogen-bond donors (Lipinski definition) is 1. The number of nitrogens with one attached hydrogen (secondary N) is 1. The van der Waals surface area contributed by atoms with Gasteiger partial charge >= 0.3 is 0 Å². The molecule has 1 saturated heterocycles. The summed E-state index contributed by atoms with van der Waals surface area (Å²) >= 11 is 0.857. The van der Waals surface area contributed by atoms with E-state index >= 15 is 0 Å². The van der Waals surface area contributed by atoms with Gasteiger partial charge in [-0.1, -0.05) is 24.3 Å². The molecule has 0 unspecified atom stereocenters. The molecule has 0 saturated carbocycles. The lowest BCUT2D eigenvalue weighted by Crippen LogP contribution is -2.17. The van der Waals surface area contributed by atoms with Crippen molar-refractivity contribution < 1.29 is 19.1 Å². The SMILES string of the molecule is COc1cc(/C=C2/SC(=O)NC2=O)ccc1OCc1ccccc1C#N. The molecule has 0 aromatic heterocycles. The van der Waals surface area contributed by atoms with Crippen molar-refractivity contribution in [3.05, 3.63) is 64.1 Å². The molecule has 2 amide bonds. The highest BCUT2D eigenvalue weighted by molar-refractivity contribution is 8.18. The number of rotatable bonds is 5. The smallest absolute Gasteiger partial charge is 0.290 e. The van der Waals surface area contributed by atoms with Crippen molar-refractivity contribution in [3.8, 4) is 17.6 Å². The van der Waals surface area contributed by atoms with Crippen LogP contribution in [0.4, 0.5) is 4.79 Å². The van der Waals surface area contributed by atoms with Crippen LogP contribution in [0.5, 0.6) is 11.5 Å². The Morgan fingerprint density at radius 3 is 2.69 bits per heavy atom. The maximum absolute atomic E-state index is 11.6. The molecule has 2 aromatic carbocycles. The van der Waals surface area contributed by atoms with Gasteiger partial charge in [0.25, 0.3) is 11.1 Å². The molecule has 26 heavy (non-hydrogen) atoms. The Hall–Kier alpha value is -3.24. The zero-order valence-electron chi connectivity index (χ0n) is 13.8. The number of amides is 2. The predicted octanol–water partition coefficient (Wildman–Crippen LogP) is 3.47. The van der Waals surface area contributed by atoms with E-state index in [1.807, 2.05) is 12.1 Å². The summed E-state index contributed by atoms with van der Waals surface area (Å²) < 4.78 is 11.1. The van der Waals surface area contributed by atoms with Gasteiger partial charge in [-0.3, -0.25) is 14.9 Å². The van der Waals surface area contributed by atoms with E-state index < -0.39 is 5.91 Å². The van der Waals surface area contributed by atoms with E-state index in [2.05, 4.69) is 11.4 Å². The molecule has 0 atom stereocenters. The molecule has 1 fully saturated rings. The van der Waals surface area contributed by atoms with Crippen molar-refractivity contribution in [3.63, 3.8) is 0 Å². The van der Waals surface area contributed by atoms with Crippen molar-refractivity contribution in [1.29, 1.82) is 5.26 Å². The molecular weight excluding hydrogens is 352 g/mol. The van der Waals surface area contributed by atoms with E-state index in [-0.39, 0.29) is 11.8 Å². The molecule has 0 spiro atoms. The predicted molar refractivity (Wildman–Crippen MR) is 97.6 cm³/mol. The van der Waals surface area contributed by atoms with Gasteiger partial charge in [-0.25, -0.2) is 0 Å². The lowest BCUT2D eigenvalue weighted by molar-refractivity contribution is -0.115. The van der Waals surface area contributed by atoms with Gasteiger partial charge in [-0.15, -0.1) is 0 Å². The Labute approximate surface area is 154 Å². The molecule has 1 aliphatic heterocycles. The molecule has 1 N–H and O–H groups in total. The van der Waals surface area contributed by atoms with Crippen LogP contribution in [0.1, 0.15) is 16.7 Å². The second kappa shape index (κ2) is 7.76. The van der Waals surface area contributed by atoms with Gasteiger partial charge in [-0.2, -0.15) is 5.26 Å². The summed E-state index contributed by atoms with van der Waals surface area (Å²) in [5, 5.41) is 11.0. The zero-order chi connectivity index (χ0) is 18.5. The van der Waals surface area contributed by atoms with E-state index in [0.717, 1.165) is 17.3 Å². The molecule has 1 aliphatic rings. The van der Waals surface area contributed by atoms with E-state index in [0.29, 0.717) is 27.5 Å². The Morgan fingerprint density at radius 1 is 1.19 bits per heavy atom. The topological polar surface area (TPSA) is 88.4 Å². The summed E-state index contributed by atoms with van der Waals surface area (Å²) in [6.45, 7) is 0.229. The van der Waals surface area contributed by atoms with Crippen molar-refractivity contribution >= 4 is 29.0 Å². The summed E-state index contributed by atoms with van der Waals surface area (Å²) in [5.41, 5.74) is 2.04. The maximum atomic E-state index is 11.6. The molecule has 130 valence electrons. The number of hydrogen-bond acceptors (Lipinski definition) is 6. The first-order valence-corrected chi connectivity index (χ1v) is 8.46. The summed E-state index contributed by atoms with van der Waals surface area (Å²) in [4.78, 5) is 23.2. The number of nitriles is 1. The van der Waals surface area contributed by atoms with E-state index in [4.69, 9.17) is 14.7 Å². The van der Waals surface area contributed by atoms with Crippen LogP contribution in [0.3, 0.4) is 0 Å². The molecule has 7 heteroatoms. The fraction of sp³-hybridized carbons (Fsp3) is 0.105. The Balaban J connectivity index is 1.79. The Bertz CT molecular complexity index is 947. The summed E-state index contributed by atoms with van der Waals surface area (Å²) in [6.07, 6.45) is 1.61. The number of carbonyl (C=O) groups excluding carboxylic acids is 2. The monoisotopic (exact) mass is 366 g/mol. The third-order valence-electron chi connectivity index (χ3n) is 3.65. The summed E-state index contributed by atoms with van der Waals surface area (Å²) in [7, 11) is 1.52. The molecule has 2 aromatic rings. The van der Waals surface area contributed by atoms with E-state index in [1.165, 1.54) is 7.11 Å². The van der Waals surface area contributed by atoms with Crippen LogP contribution in [0.25, 0.3) is 6.08 Å². The molecule has 3 rings (SSSR count). The average Bonchev–Trinajstić information content (AvgIpc) is 2.97. The number of imide groups is 1. The average molecular weight is 366 g/mol. The molecule has 6 nitrogen and oxygen atoms in total. The highest BCUT2D eigenvalue weighted by atomic mass is 32.2. The van der Waals surface area contributed by atoms with Crippen LogP contribution in [0.2, 0.25) is 0 Å². The number of ether oxygens (including phenoxy) is 2. The molecule has 0 aliphatic carbocycles. The third-order valence-corrected chi connectivity index (χ3v) is 4.46. The third kappa shape index (κ3) is 3.87. The van der Waals surface area contributed by atoms with Gasteiger partial charge in [0.2, 0.25) is 0 Å². The second-order valence-corrected chi connectivity index (χ2v) is 6.33. The van der Waals surface area contributed by atoms with Crippen molar-refractivity contribution in [2.75, 3.05) is 7.11 Å². The van der Waals surface area contributed by atoms with Crippen LogP contribution in [0.15, 0.2) is 47.4 Å². The van der Waals surface area contributed by atoms with Crippen molar-refractivity contribution in [2.24, 2.45) is 0 Å². The van der Waals surface area contributed by atoms with Gasteiger partial charge in [0.05, 0.1) is 23.6 Å². The number of benzene rings is 2. The van der Waals surface area contributed by atoms with Gasteiger partial charge < -0.3 is 9.47 Å². The van der Waals surface area contributed by atoms with Crippen molar-refractivity contribution in [2.45, 2.75) is 6.61 Å². The Morgan fingerprint density at radius 2 is 2.00 bits per heavy atom. The normalized spacial score (nSPS) is 14.8. The number of nitrogens with zero attached hydrogens (tertiary/aromatic N) is 1. The lowest BCUT2D eigenvalue weighted by atomic mass is 10.1. The van der Waals surface area contributed by atoms with E-state index in [9.17, 15) is 9.59 Å². The minimum Gasteiger partial charge on any atom is -0.493 e. The fourth-order valence-electron chi connectivity index (χ4n) is 2.38.